The van der Waals surface area contributed by atoms with E-state index < -0.39 is 0 Å². The largest absolute Gasteiger partial charge is 0.362 e. The summed E-state index contributed by atoms with van der Waals surface area (Å²) in [5.41, 5.74) is 1.81. The summed E-state index contributed by atoms with van der Waals surface area (Å²) in [6, 6.07) is 10.6. The van der Waals surface area contributed by atoms with Crippen molar-refractivity contribution in [3.8, 4) is 0 Å². The van der Waals surface area contributed by atoms with Crippen molar-refractivity contribution in [2.45, 2.75) is 39.0 Å². The van der Waals surface area contributed by atoms with E-state index >= 15 is 0 Å². The normalized spacial score (nSPS) is 43.6. The van der Waals surface area contributed by atoms with Crippen LogP contribution in [-0.2, 0) is 11.3 Å². The van der Waals surface area contributed by atoms with Gasteiger partial charge in [-0.1, -0.05) is 37.3 Å². The molecular formula is C17H23NO. The summed E-state index contributed by atoms with van der Waals surface area (Å²) in [6.45, 7) is 4.35. The molecule has 0 spiro atoms. The monoisotopic (exact) mass is 257 g/mol. The minimum atomic E-state index is 0.278. The van der Waals surface area contributed by atoms with Gasteiger partial charge in [-0.3, -0.25) is 5.32 Å². The van der Waals surface area contributed by atoms with E-state index in [-0.39, 0.29) is 6.23 Å². The smallest absolute Gasteiger partial charge is 0.112 e. The summed E-state index contributed by atoms with van der Waals surface area (Å²) in [5.74, 6) is 2.58. The first-order valence-corrected chi connectivity index (χ1v) is 7.66. The average molecular weight is 257 g/mol. The van der Waals surface area contributed by atoms with Gasteiger partial charge in [0.15, 0.2) is 0 Å². The average Bonchev–Trinajstić information content (AvgIpc) is 3.09. The van der Waals surface area contributed by atoms with E-state index in [4.69, 9.17) is 4.74 Å². The molecule has 2 bridgehead atoms. The predicted octanol–water partition coefficient (Wildman–Crippen LogP) is 3.18. The molecule has 1 saturated heterocycles. The second-order valence-electron chi connectivity index (χ2n) is 6.90. The van der Waals surface area contributed by atoms with Crippen LogP contribution in [0.3, 0.4) is 0 Å². The Hall–Kier alpha value is -0.860. The van der Waals surface area contributed by atoms with Gasteiger partial charge in [0, 0.05) is 17.9 Å². The third kappa shape index (κ3) is 1.77. The number of benzene rings is 1. The second-order valence-corrected chi connectivity index (χ2v) is 6.90. The molecule has 19 heavy (non-hydrogen) atoms. The van der Waals surface area contributed by atoms with Crippen LogP contribution in [-0.4, -0.2) is 12.8 Å². The molecular weight excluding hydrogens is 234 g/mol. The summed E-state index contributed by atoms with van der Waals surface area (Å²) in [7, 11) is 0. The molecule has 5 atom stereocenters. The number of rotatable bonds is 3. The van der Waals surface area contributed by atoms with Crippen molar-refractivity contribution >= 4 is 0 Å². The Morgan fingerprint density at radius 2 is 2.11 bits per heavy atom. The SMILES string of the molecule is C[C@@]12CO[C@@H](NCc3ccccc3)[C@@H]1[C@H]1CC[C@@H]2C1. The lowest BCUT2D eigenvalue weighted by molar-refractivity contribution is 0.0465. The summed E-state index contributed by atoms with van der Waals surface area (Å²) >= 11 is 0. The third-order valence-electron chi connectivity index (χ3n) is 5.93. The lowest BCUT2D eigenvalue weighted by atomic mass is 9.69. The van der Waals surface area contributed by atoms with Crippen molar-refractivity contribution in [1.29, 1.82) is 0 Å². The van der Waals surface area contributed by atoms with Gasteiger partial charge in [-0.25, -0.2) is 0 Å². The number of fused-ring (bicyclic) bond motifs is 5. The molecule has 3 aliphatic rings. The zero-order valence-electron chi connectivity index (χ0n) is 11.6. The fourth-order valence-corrected chi connectivity index (χ4v) is 4.93. The Kier molecular flexibility index (Phi) is 2.71. The molecule has 1 aromatic carbocycles. The van der Waals surface area contributed by atoms with Gasteiger partial charge in [-0.05, 0) is 36.7 Å². The third-order valence-corrected chi connectivity index (χ3v) is 5.93. The minimum Gasteiger partial charge on any atom is -0.362 e. The molecule has 2 aliphatic carbocycles. The molecule has 1 heterocycles. The number of hydrogen-bond acceptors (Lipinski definition) is 2. The van der Waals surface area contributed by atoms with Crippen molar-refractivity contribution < 1.29 is 4.74 Å². The van der Waals surface area contributed by atoms with Gasteiger partial charge in [-0.15, -0.1) is 0 Å². The van der Waals surface area contributed by atoms with E-state index in [1.807, 2.05) is 0 Å². The highest BCUT2D eigenvalue weighted by molar-refractivity contribution is 5.15. The predicted molar refractivity (Wildman–Crippen MR) is 75.4 cm³/mol. The van der Waals surface area contributed by atoms with Crippen LogP contribution in [0.15, 0.2) is 30.3 Å². The van der Waals surface area contributed by atoms with Crippen LogP contribution in [0, 0.1) is 23.2 Å². The molecule has 0 amide bonds. The highest BCUT2D eigenvalue weighted by Gasteiger charge is 2.61. The van der Waals surface area contributed by atoms with E-state index in [0.717, 1.165) is 30.9 Å². The van der Waals surface area contributed by atoms with Gasteiger partial charge >= 0.3 is 0 Å². The molecule has 2 saturated carbocycles. The molecule has 2 nitrogen and oxygen atoms in total. The Morgan fingerprint density at radius 1 is 1.26 bits per heavy atom. The standard InChI is InChI=1S/C17H23NO/c1-17-11-19-16(15(17)13-7-8-14(17)9-13)18-10-12-5-3-2-4-6-12/h2-6,13-16,18H,7-11H2,1H3/t13-,14+,15-,16+,17-/m0/s1. The Balaban J connectivity index is 1.46. The van der Waals surface area contributed by atoms with Crippen molar-refractivity contribution in [2.75, 3.05) is 6.61 Å². The molecule has 3 fully saturated rings. The van der Waals surface area contributed by atoms with Crippen LogP contribution in [0.2, 0.25) is 0 Å². The molecule has 102 valence electrons. The first-order valence-electron chi connectivity index (χ1n) is 7.66. The van der Waals surface area contributed by atoms with E-state index in [1.54, 1.807) is 0 Å². The maximum absolute atomic E-state index is 6.11. The van der Waals surface area contributed by atoms with Gasteiger partial charge in [0.25, 0.3) is 0 Å². The maximum Gasteiger partial charge on any atom is 0.112 e. The van der Waals surface area contributed by atoms with Crippen molar-refractivity contribution in [3.63, 3.8) is 0 Å². The quantitative estimate of drug-likeness (QED) is 0.898. The molecule has 1 aromatic rings. The maximum atomic E-state index is 6.11. The number of nitrogens with one attached hydrogen (secondary N) is 1. The first kappa shape index (κ1) is 11.9. The van der Waals surface area contributed by atoms with E-state index in [1.165, 1.54) is 24.8 Å². The Morgan fingerprint density at radius 3 is 2.95 bits per heavy atom. The molecule has 0 unspecified atom stereocenters. The zero-order valence-corrected chi connectivity index (χ0v) is 11.6. The summed E-state index contributed by atoms with van der Waals surface area (Å²) in [5, 5.41) is 3.66. The summed E-state index contributed by atoms with van der Waals surface area (Å²) in [4.78, 5) is 0. The number of ether oxygens (including phenoxy) is 1. The molecule has 4 rings (SSSR count). The van der Waals surface area contributed by atoms with Crippen LogP contribution in [0.1, 0.15) is 31.7 Å². The summed E-state index contributed by atoms with van der Waals surface area (Å²) in [6.07, 6.45) is 4.60. The molecule has 0 aromatic heterocycles. The van der Waals surface area contributed by atoms with Crippen LogP contribution in [0.25, 0.3) is 0 Å². The zero-order chi connectivity index (χ0) is 12.9. The van der Waals surface area contributed by atoms with Gasteiger partial charge in [0.05, 0.1) is 6.61 Å². The second kappa shape index (κ2) is 4.32. The van der Waals surface area contributed by atoms with Crippen LogP contribution < -0.4 is 5.32 Å². The van der Waals surface area contributed by atoms with Crippen LogP contribution in [0.4, 0.5) is 0 Å². The lowest BCUT2D eigenvalue weighted by Gasteiger charge is -2.35. The van der Waals surface area contributed by atoms with Crippen molar-refractivity contribution in [3.05, 3.63) is 35.9 Å². The van der Waals surface area contributed by atoms with Gasteiger partial charge in [0.1, 0.15) is 6.23 Å². The molecule has 0 radical (unpaired) electrons. The molecule has 2 heteroatoms. The first-order chi connectivity index (χ1) is 9.27. The van der Waals surface area contributed by atoms with Crippen molar-refractivity contribution in [1.82, 2.24) is 5.32 Å². The lowest BCUT2D eigenvalue weighted by Crippen LogP contribution is -2.41. The van der Waals surface area contributed by atoms with Crippen LogP contribution >= 0.6 is 0 Å². The van der Waals surface area contributed by atoms with E-state index in [0.29, 0.717) is 5.41 Å². The van der Waals surface area contributed by atoms with E-state index in [9.17, 15) is 0 Å². The fourth-order valence-electron chi connectivity index (χ4n) is 4.93. The van der Waals surface area contributed by atoms with Gasteiger partial charge < -0.3 is 4.74 Å². The van der Waals surface area contributed by atoms with E-state index in [2.05, 4.69) is 42.6 Å². The Bertz CT molecular complexity index is 460. The Labute approximate surface area is 115 Å². The fraction of sp³-hybridized carbons (Fsp3) is 0.647. The summed E-state index contributed by atoms with van der Waals surface area (Å²) < 4.78 is 6.11. The highest BCUT2D eigenvalue weighted by atomic mass is 16.5. The topological polar surface area (TPSA) is 21.3 Å². The molecule has 1 aliphatic heterocycles. The van der Waals surface area contributed by atoms with Crippen LogP contribution in [0.5, 0.6) is 0 Å². The van der Waals surface area contributed by atoms with Gasteiger partial charge in [0.2, 0.25) is 0 Å². The van der Waals surface area contributed by atoms with Gasteiger partial charge in [-0.2, -0.15) is 0 Å². The van der Waals surface area contributed by atoms with Crippen molar-refractivity contribution in [2.24, 2.45) is 23.2 Å². The minimum absolute atomic E-state index is 0.278. The highest BCUT2D eigenvalue weighted by Crippen LogP contribution is 2.63. The number of hydrogen-bond donors (Lipinski definition) is 1. The molecule has 1 N–H and O–H groups in total.